The number of sulfone groups is 1. The predicted octanol–water partition coefficient (Wildman–Crippen LogP) is 6.60. The first-order valence-electron chi connectivity index (χ1n) is 10.8. The van der Waals surface area contributed by atoms with Gasteiger partial charge in [-0.2, -0.15) is 0 Å². The summed E-state index contributed by atoms with van der Waals surface area (Å²) in [5.74, 6) is 0. The van der Waals surface area contributed by atoms with Crippen LogP contribution in [0.3, 0.4) is 0 Å². The largest absolute Gasteiger partial charge is 0.218 e. The highest BCUT2D eigenvalue weighted by molar-refractivity contribution is 7.92. The Balaban J connectivity index is 1.87. The van der Waals surface area contributed by atoms with Crippen LogP contribution in [0.15, 0.2) is 70.5 Å². The Kier molecular flexibility index (Phi) is 2.83. The van der Waals surface area contributed by atoms with Gasteiger partial charge >= 0.3 is 0 Å². The molecule has 2 aliphatic carbocycles. The van der Waals surface area contributed by atoms with Gasteiger partial charge in [-0.1, -0.05) is 82.3 Å². The lowest BCUT2D eigenvalue weighted by atomic mass is 9.68. The molecule has 0 bridgehead atoms. The monoisotopic (exact) mass is 422 g/mol. The van der Waals surface area contributed by atoms with Crippen molar-refractivity contribution < 1.29 is 8.42 Å². The zero-order chi connectivity index (χ0) is 21.5. The first-order chi connectivity index (χ1) is 14.7. The maximum Gasteiger partial charge on any atom is 0.208 e. The molecule has 0 amide bonds. The number of hydrogen-bond donors (Lipinski definition) is 0. The van der Waals surface area contributed by atoms with Gasteiger partial charge in [-0.05, 0) is 44.8 Å². The van der Waals surface area contributed by atoms with Crippen molar-refractivity contribution in [1.29, 1.82) is 0 Å². The minimum atomic E-state index is -3.58. The lowest BCUT2D eigenvalue weighted by Gasteiger charge is -2.35. The number of fused-ring (bicyclic) bond motifs is 5. The molecule has 0 radical (unpaired) electrons. The molecule has 0 saturated heterocycles. The van der Waals surface area contributed by atoms with Crippen LogP contribution in [0.5, 0.6) is 0 Å². The van der Waals surface area contributed by atoms with Gasteiger partial charge in [0.1, 0.15) is 0 Å². The van der Waals surface area contributed by atoms with Crippen molar-refractivity contribution in [2.45, 2.75) is 48.3 Å². The Labute approximate surface area is 182 Å². The average Bonchev–Trinajstić information content (AvgIpc) is 3.13. The molecule has 31 heavy (non-hydrogen) atoms. The van der Waals surface area contributed by atoms with Gasteiger partial charge in [0.15, 0.2) is 0 Å². The van der Waals surface area contributed by atoms with Crippen LogP contribution < -0.4 is 0 Å². The van der Waals surface area contributed by atoms with Crippen LogP contribution in [0, 0.1) is 0 Å². The van der Waals surface area contributed by atoms with Gasteiger partial charge in [-0.3, -0.25) is 0 Å². The van der Waals surface area contributed by atoms with Gasteiger partial charge in [-0.25, -0.2) is 8.42 Å². The Hall–Kier alpha value is -2.91. The summed E-state index contributed by atoms with van der Waals surface area (Å²) in [6.07, 6.45) is 0. The quantitative estimate of drug-likeness (QED) is 0.282. The van der Waals surface area contributed by atoms with E-state index >= 15 is 0 Å². The van der Waals surface area contributed by atoms with E-state index in [0.717, 1.165) is 21.9 Å². The number of rotatable bonds is 0. The molecule has 152 valence electrons. The summed E-state index contributed by atoms with van der Waals surface area (Å²) in [7, 11) is -3.58. The molecule has 3 heteroatoms. The Morgan fingerprint density at radius 1 is 0.645 bits per heavy atom. The predicted molar refractivity (Wildman–Crippen MR) is 125 cm³/mol. The average molecular weight is 423 g/mol. The third kappa shape index (κ3) is 1.70. The van der Waals surface area contributed by atoms with Crippen molar-refractivity contribution in [3.05, 3.63) is 82.9 Å². The molecule has 0 unspecified atom stereocenters. The Bertz CT molecular complexity index is 1640. The fraction of sp³-hybridized carbons (Fsp3) is 0.214. The zero-order valence-corrected chi connectivity index (χ0v) is 18.8. The van der Waals surface area contributed by atoms with E-state index < -0.39 is 9.84 Å². The number of hydrogen-bond acceptors (Lipinski definition) is 2. The second kappa shape index (κ2) is 4.94. The first-order valence-corrected chi connectivity index (χ1v) is 12.3. The van der Waals surface area contributed by atoms with Crippen LogP contribution in [-0.4, -0.2) is 8.42 Å². The normalized spacial score (nSPS) is 19.4. The molecule has 4 aromatic rings. The fourth-order valence-corrected chi connectivity index (χ4v) is 8.48. The molecule has 1 aliphatic heterocycles. The third-order valence-corrected chi connectivity index (χ3v) is 9.86. The molecule has 7 rings (SSSR count). The second-order valence-corrected chi connectivity index (χ2v) is 12.0. The van der Waals surface area contributed by atoms with Gasteiger partial charge in [-0.15, -0.1) is 0 Å². The van der Waals surface area contributed by atoms with Gasteiger partial charge in [0.2, 0.25) is 9.84 Å². The Morgan fingerprint density at radius 2 is 1.29 bits per heavy atom. The van der Waals surface area contributed by atoms with E-state index in [2.05, 4.69) is 52.0 Å². The summed E-state index contributed by atoms with van der Waals surface area (Å²) in [4.78, 5) is 0.944. The SMILES string of the molecule is CC1(C)c2cccc3c2-c2c1c1c(c4cccc(c24)C3(C)C)S(=O)(=O)c2ccccc2-1. The molecule has 2 nitrogen and oxygen atoms in total. The van der Waals surface area contributed by atoms with E-state index in [1.54, 1.807) is 6.07 Å². The summed E-state index contributed by atoms with van der Waals surface area (Å²) in [6, 6.07) is 20.4. The molecular formula is C28H22O2S. The van der Waals surface area contributed by atoms with Crippen molar-refractivity contribution in [3.63, 3.8) is 0 Å². The highest BCUT2D eigenvalue weighted by Crippen LogP contribution is 2.64. The van der Waals surface area contributed by atoms with Crippen LogP contribution in [0.25, 0.3) is 33.0 Å². The summed E-state index contributed by atoms with van der Waals surface area (Å²) in [5, 5.41) is 2.00. The standard InChI is InChI=1S/C28H22O2S/c1-27(2)17-11-7-10-16-21(17)24-23-18(27)12-8-13-19(23)28(3,4)25(24)22-15-9-5-6-14-20(15)31(29,30)26(16)22/h5-14H,1-4H3. The maximum absolute atomic E-state index is 13.9. The second-order valence-electron chi connectivity index (χ2n) is 10.2. The smallest absolute Gasteiger partial charge is 0.208 e. The topological polar surface area (TPSA) is 34.1 Å². The molecule has 0 saturated carbocycles. The molecule has 1 heterocycles. The number of benzene rings is 4. The van der Waals surface area contributed by atoms with Crippen LogP contribution in [-0.2, 0) is 20.7 Å². The van der Waals surface area contributed by atoms with E-state index in [0.29, 0.717) is 9.79 Å². The molecular weight excluding hydrogens is 400 g/mol. The van der Waals surface area contributed by atoms with Crippen LogP contribution >= 0.6 is 0 Å². The van der Waals surface area contributed by atoms with Gasteiger partial charge < -0.3 is 0 Å². The first kappa shape index (κ1) is 17.7. The molecule has 0 aromatic heterocycles. The molecule has 0 spiro atoms. The highest BCUT2D eigenvalue weighted by atomic mass is 32.2. The Morgan fingerprint density at radius 3 is 2.06 bits per heavy atom. The van der Waals surface area contributed by atoms with Crippen LogP contribution in [0.4, 0.5) is 0 Å². The maximum atomic E-state index is 13.9. The lowest BCUT2D eigenvalue weighted by Crippen LogP contribution is -2.23. The van der Waals surface area contributed by atoms with Gasteiger partial charge in [0, 0.05) is 27.3 Å². The summed E-state index contributed by atoms with van der Waals surface area (Å²) in [6.45, 7) is 9.04. The van der Waals surface area contributed by atoms with E-state index in [4.69, 9.17) is 0 Å². The lowest BCUT2D eigenvalue weighted by molar-refractivity contribution is 0.599. The highest BCUT2D eigenvalue weighted by Gasteiger charge is 2.50. The summed E-state index contributed by atoms with van der Waals surface area (Å²) in [5.41, 5.74) is 8.91. The minimum absolute atomic E-state index is 0.195. The van der Waals surface area contributed by atoms with Gasteiger partial charge in [0.05, 0.1) is 9.79 Å². The van der Waals surface area contributed by atoms with E-state index in [-0.39, 0.29) is 10.8 Å². The van der Waals surface area contributed by atoms with E-state index in [1.807, 2.05) is 30.3 Å². The van der Waals surface area contributed by atoms with Gasteiger partial charge in [0.25, 0.3) is 0 Å². The van der Waals surface area contributed by atoms with Crippen molar-refractivity contribution >= 4 is 20.6 Å². The van der Waals surface area contributed by atoms with Crippen molar-refractivity contribution in [2.24, 2.45) is 0 Å². The molecule has 0 atom stereocenters. The molecule has 0 fully saturated rings. The summed E-state index contributed by atoms with van der Waals surface area (Å²) >= 11 is 0. The molecule has 0 N–H and O–H groups in total. The van der Waals surface area contributed by atoms with Crippen LogP contribution in [0.2, 0.25) is 0 Å². The summed E-state index contributed by atoms with van der Waals surface area (Å²) < 4.78 is 27.7. The van der Waals surface area contributed by atoms with Crippen molar-refractivity contribution in [3.8, 4) is 22.3 Å². The molecule has 4 aromatic carbocycles. The fourth-order valence-electron chi connectivity index (χ4n) is 6.60. The molecule has 3 aliphatic rings. The van der Waals surface area contributed by atoms with Crippen molar-refractivity contribution in [2.75, 3.05) is 0 Å². The van der Waals surface area contributed by atoms with Crippen LogP contribution in [0.1, 0.15) is 49.9 Å². The third-order valence-electron chi connectivity index (χ3n) is 7.96. The van der Waals surface area contributed by atoms with Crippen molar-refractivity contribution in [1.82, 2.24) is 0 Å². The van der Waals surface area contributed by atoms with E-state index in [1.165, 1.54) is 33.4 Å². The minimum Gasteiger partial charge on any atom is -0.218 e. The zero-order valence-electron chi connectivity index (χ0n) is 18.0. The van der Waals surface area contributed by atoms with E-state index in [9.17, 15) is 8.42 Å².